The molecule has 0 amide bonds. The fourth-order valence-electron chi connectivity index (χ4n) is 4.74. The predicted octanol–water partition coefficient (Wildman–Crippen LogP) is 3.67. The number of aromatic nitrogens is 1. The molecule has 0 atom stereocenters. The van der Waals surface area contributed by atoms with E-state index >= 15 is 0 Å². The van der Waals surface area contributed by atoms with Crippen LogP contribution in [0.25, 0.3) is 17.0 Å². The summed E-state index contributed by atoms with van der Waals surface area (Å²) in [6.45, 7) is 7.95. The number of ketones is 1. The molecule has 0 spiro atoms. The Bertz CT molecular complexity index is 1310. The summed E-state index contributed by atoms with van der Waals surface area (Å²) in [6, 6.07) is 8.44. The number of phenols is 1. The first-order chi connectivity index (χ1) is 16.4. The van der Waals surface area contributed by atoms with Crippen LogP contribution in [0.1, 0.15) is 21.6 Å². The number of Topliss-reactive ketones (excluding diaryl/α,β-unsaturated/α-hetero) is 1. The minimum Gasteiger partial charge on any atom is -0.505 e. The van der Waals surface area contributed by atoms with Crippen molar-refractivity contribution in [1.82, 2.24) is 14.4 Å². The third-order valence-corrected chi connectivity index (χ3v) is 6.85. The van der Waals surface area contributed by atoms with E-state index in [4.69, 9.17) is 9.47 Å². The van der Waals surface area contributed by atoms with E-state index in [-0.39, 0.29) is 17.1 Å². The molecule has 0 radical (unpaired) electrons. The molecule has 1 N–H and O–H groups in total. The van der Waals surface area contributed by atoms with Gasteiger partial charge in [0, 0.05) is 61.4 Å². The maximum Gasteiger partial charge on any atom is 0.232 e. The summed E-state index contributed by atoms with van der Waals surface area (Å²) in [4.78, 5) is 17.7. The van der Waals surface area contributed by atoms with E-state index < -0.39 is 17.3 Å². The number of nitrogens with zero attached hydrogens (tertiary/aromatic N) is 3. The quantitative estimate of drug-likeness (QED) is 0.580. The summed E-state index contributed by atoms with van der Waals surface area (Å²) in [6.07, 6.45) is 1.67. The summed E-state index contributed by atoms with van der Waals surface area (Å²) in [7, 11) is 3.76. The average Bonchev–Trinajstić information content (AvgIpc) is 3.30. The van der Waals surface area contributed by atoms with Crippen LogP contribution in [0.4, 0.5) is 4.39 Å². The molecule has 2 aliphatic heterocycles. The molecule has 1 fully saturated rings. The van der Waals surface area contributed by atoms with E-state index in [1.54, 1.807) is 13.2 Å². The normalized spacial score (nSPS) is 18.0. The SMILES string of the molecule is COc1ccc2c(c1)c(C=C1Oc3c(ccc(O)c3F)C1=O)c(C)n2CCN1CCN(C)CC1. The first-order valence-electron chi connectivity index (χ1n) is 11.4. The molecule has 3 aromatic rings. The van der Waals surface area contributed by atoms with Crippen molar-refractivity contribution in [3.8, 4) is 17.2 Å². The fraction of sp³-hybridized carbons (Fsp3) is 0.346. The van der Waals surface area contributed by atoms with Crippen molar-refractivity contribution in [3.05, 3.63) is 58.7 Å². The number of carbonyl (C=O) groups is 1. The Hall–Kier alpha value is -3.36. The van der Waals surface area contributed by atoms with Gasteiger partial charge >= 0.3 is 0 Å². The van der Waals surface area contributed by atoms with E-state index in [2.05, 4.69) is 21.4 Å². The van der Waals surface area contributed by atoms with Gasteiger partial charge in [0.1, 0.15) is 5.75 Å². The third kappa shape index (κ3) is 3.82. The molecule has 0 bridgehead atoms. The van der Waals surface area contributed by atoms with Crippen LogP contribution in [0.15, 0.2) is 36.1 Å². The molecular formula is C26H28FN3O4. The lowest BCUT2D eigenvalue weighted by Crippen LogP contribution is -2.45. The van der Waals surface area contributed by atoms with Crippen molar-refractivity contribution in [2.75, 3.05) is 46.9 Å². The molecule has 0 saturated carbocycles. The molecule has 178 valence electrons. The second-order valence-electron chi connectivity index (χ2n) is 8.89. The van der Waals surface area contributed by atoms with E-state index in [1.165, 1.54) is 12.1 Å². The summed E-state index contributed by atoms with van der Waals surface area (Å²) in [5.74, 6) is -1.37. The van der Waals surface area contributed by atoms with Gasteiger partial charge in [-0.2, -0.15) is 4.39 Å². The molecule has 2 aromatic carbocycles. The number of carbonyl (C=O) groups excluding carboxylic acids is 1. The highest BCUT2D eigenvalue weighted by atomic mass is 19.1. The number of ether oxygens (including phenoxy) is 2. The Kier molecular flexibility index (Phi) is 5.79. The lowest BCUT2D eigenvalue weighted by Gasteiger charge is -2.32. The van der Waals surface area contributed by atoms with Crippen molar-refractivity contribution in [1.29, 1.82) is 0 Å². The highest BCUT2D eigenvalue weighted by molar-refractivity contribution is 6.15. The average molecular weight is 466 g/mol. The highest BCUT2D eigenvalue weighted by Gasteiger charge is 2.32. The fourth-order valence-corrected chi connectivity index (χ4v) is 4.74. The van der Waals surface area contributed by atoms with Gasteiger partial charge in [-0.1, -0.05) is 0 Å². The van der Waals surface area contributed by atoms with E-state index in [0.29, 0.717) is 5.75 Å². The van der Waals surface area contributed by atoms with Crippen molar-refractivity contribution in [2.45, 2.75) is 13.5 Å². The first-order valence-corrected chi connectivity index (χ1v) is 11.4. The molecule has 0 unspecified atom stereocenters. The molecule has 3 heterocycles. The molecule has 1 saturated heterocycles. The molecule has 2 aliphatic rings. The number of fused-ring (bicyclic) bond motifs is 2. The number of hydrogen-bond donors (Lipinski definition) is 1. The summed E-state index contributed by atoms with van der Waals surface area (Å²) < 4.78 is 27.6. The Morgan fingerprint density at radius 3 is 2.65 bits per heavy atom. The van der Waals surface area contributed by atoms with Crippen LogP contribution in [-0.2, 0) is 6.54 Å². The molecule has 34 heavy (non-hydrogen) atoms. The van der Waals surface area contributed by atoms with Crippen molar-refractivity contribution in [3.63, 3.8) is 0 Å². The van der Waals surface area contributed by atoms with Gasteiger partial charge in [0.2, 0.25) is 11.6 Å². The van der Waals surface area contributed by atoms with Gasteiger partial charge in [-0.15, -0.1) is 0 Å². The number of aromatic hydroxyl groups is 1. The predicted molar refractivity (Wildman–Crippen MR) is 128 cm³/mol. The van der Waals surface area contributed by atoms with Gasteiger partial charge in [-0.05, 0) is 50.4 Å². The van der Waals surface area contributed by atoms with Gasteiger partial charge < -0.3 is 24.0 Å². The van der Waals surface area contributed by atoms with Gasteiger partial charge in [0.05, 0.1) is 12.7 Å². The zero-order valence-corrected chi connectivity index (χ0v) is 19.6. The lowest BCUT2D eigenvalue weighted by molar-refractivity contribution is 0.101. The van der Waals surface area contributed by atoms with Crippen LogP contribution in [0.3, 0.4) is 0 Å². The standard InChI is InChI=1S/C26H28FN3O4/c1-16-19(15-23-25(32)18-5-7-22(31)24(27)26(18)34-23)20-14-17(33-3)4-6-21(20)30(16)13-12-29-10-8-28(2)9-11-29/h4-7,14-15,31H,8-13H2,1-3H3. The van der Waals surface area contributed by atoms with Crippen LogP contribution in [0, 0.1) is 12.7 Å². The van der Waals surface area contributed by atoms with E-state index in [9.17, 15) is 14.3 Å². The molecular weight excluding hydrogens is 437 g/mol. The molecule has 1 aromatic heterocycles. The molecule has 5 rings (SSSR count). The Morgan fingerprint density at radius 1 is 1.15 bits per heavy atom. The molecule has 8 heteroatoms. The number of benzene rings is 2. The second kappa shape index (κ2) is 8.77. The zero-order chi connectivity index (χ0) is 24.0. The van der Waals surface area contributed by atoms with Crippen molar-refractivity contribution >= 4 is 22.8 Å². The Labute approximate surface area is 197 Å². The smallest absolute Gasteiger partial charge is 0.232 e. The van der Waals surface area contributed by atoms with Crippen LogP contribution in [-0.4, -0.2) is 72.1 Å². The van der Waals surface area contributed by atoms with Gasteiger partial charge in [-0.25, -0.2) is 0 Å². The number of likely N-dealkylation sites (N-methyl/N-ethyl adjacent to an activating group) is 1. The van der Waals surface area contributed by atoms with Crippen LogP contribution < -0.4 is 9.47 Å². The van der Waals surface area contributed by atoms with Gasteiger partial charge in [0.25, 0.3) is 0 Å². The highest BCUT2D eigenvalue weighted by Crippen LogP contribution is 2.39. The summed E-state index contributed by atoms with van der Waals surface area (Å²) in [5.41, 5.74) is 2.95. The van der Waals surface area contributed by atoms with Crippen LogP contribution in [0.2, 0.25) is 0 Å². The molecule has 0 aliphatic carbocycles. The summed E-state index contributed by atoms with van der Waals surface area (Å²) in [5, 5.41) is 10.6. The second-order valence-corrected chi connectivity index (χ2v) is 8.89. The minimum absolute atomic E-state index is 0.0311. The number of hydrogen-bond acceptors (Lipinski definition) is 6. The molecule has 7 nitrogen and oxygen atoms in total. The van der Waals surface area contributed by atoms with Crippen molar-refractivity contribution in [2.24, 2.45) is 0 Å². The van der Waals surface area contributed by atoms with E-state index in [1.807, 2.05) is 25.1 Å². The van der Waals surface area contributed by atoms with Crippen LogP contribution in [0.5, 0.6) is 17.2 Å². The monoisotopic (exact) mass is 465 g/mol. The summed E-state index contributed by atoms with van der Waals surface area (Å²) >= 11 is 0. The minimum atomic E-state index is -0.928. The third-order valence-electron chi connectivity index (χ3n) is 6.85. The lowest BCUT2D eigenvalue weighted by atomic mass is 10.1. The Morgan fingerprint density at radius 2 is 1.91 bits per heavy atom. The number of rotatable bonds is 5. The number of halogens is 1. The largest absolute Gasteiger partial charge is 0.505 e. The maximum absolute atomic E-state index is 14.3. The number of methoxy groups -OCH3 is 1. The number of phenolic OH excluding ortho intramolecular Hbond substituents is 1. The van der Waals surface area contributed by atoms with Crippen LogP contribution >= 0.6 is 0 Å². The topological polar surface area (TPSA) is 67.2 Å². The zero-order valence-electron chi connectivity index (χ0n) is 19.6. The first kappa shape index (κ1) is 22.4. The maximum atomic E-state index is 14.3. The number of allylic oxidation sites excluding steroid dienone is 1. The van der Waals surface area contributed by atoms with Crippen molar-refractivity contribution < 1.29 is 23.8 Å². The van der Waals surface area contributed by atoms with E-state index in [0.717, 1.165) is 61.4 Å². The Balaban J connectivity index is 1.52. The van der Waals surface area contributed by atoms with Gasteiger partial charge in [0.15, 0.2) is 17.3 Å². The van der Waals surface area contributed by atoms with Gasteiger partial charge in [-0.3, -0.25) is 9.69 Å². The number of piperazine rings is 1.